The van der Waals surface area contributed by atoms with Gasteiger partial charge >= 0.3 is 0 Å². The summed E-state index contributed by atoms with van der Waals surface area (Å²) in [4.78, 5) is 43.6. The molecule has 3 saturated heterocycles. The number of likely N-dealkylation sites (tertiary alicyclic amines) is 1. The van der Waals surface area contributed by atoms with Gasteiger partial charge in [-0.2, -0.15) is 0 Å². The summed E-state index contributed by atoms with van der Waals surface area (Å²) in [7, 11) is 0. The van der Waals surface area contributed by atoms with E-state index in [9.17, 15) is 19.5 Å². The molecule has 3 amide bonds. The van der Waals surface area contributed by atoms with E-state index >= 15 is 0 Å². The molecule has 1 spiro atoms. The van der Waals surface area contributed by atoms with Gasteiger partial charge in [-0.05, 0) is 69.7 Å². The molecule has 3 aliphatic heterocycles. The highest BCUT2D eigenvalue weighted by molar-refractivity contribution is 8.02. The average molecular weight is 556 g/mol. The fraction of sp³-hybridized carbons (Fsp3) is 0.483. The SMILES string of the molecule is Cc1cccc(Cl)c1NC(=O)C1N(CCCCCO)C(=O)[C@@H]2[C@H](C(=O)Nc3ccccc3)[C@]3(C)CCC12S3. The zero-order valence-corrected chi connectivity index (χ0v) is 23.3. The van der Waals surface area contributed by atoms with Gasteiger partial charge in [0.15, 0.2) is 0 Å². The molecule has 0 aromatic heterocycles. The predicted molar refractivity (Wildman–Crippen MR) is 151 cm³/mol. The summed E-state index contributed by atoms with van der Waals surface area (Å²) in [6.45, 7) is 4.44. The van der Waals surface area contributed by atoms with Crippen molar-refractivity contribution >= 4 is 52.5 Å². The second-order valence-corrected chi connectivity index (χ2v) is 13.1. The van der Waals surface area contributed by atoms with Gasteiger partial charge in [-0.15, -0.1) is 11.8 Å². The Bertz CT molecular complexity index is 1220. The number of nitrogens with one attached hydrogen (secondary N) is 2. The smallest absolute Gasteiger partial charge is 0.248 e. The highest BCUT2D eigenvalue weighted by atomic mass is 35.5. The Balaban J connectivity index is 1.49. The number of aliphatic hydroxyl groups excluding tert-OH is 1. The molecule has 3 heterocycles. The molecule has 2 aromatic rings. The van der Waals surface area contributed by atoms with Crippen LogP contribution < -0.4 is 10.6 Å². The topological polar surface area (TPSA) is 98.7 Å². The van der Waals surface area contributed by atoms with Gasteiger partial charge in [0.2, 0.25) is 17.7 Å². The highest BCUT2D eigenvalue weighted by Crippen LogP contribution is 2.71. The van der Waals surface area contributed by atoms with E-state index in [2.05, 4.69) is 17.6 Å². The number of para-hydroxylation sites is 2. The molecule has 202 valence electrons. The van der Waals surface area contributed by atoms with Crippen LogP contribution in [0.15, 0.2) is 48.5 Å². The first kappa shape index (κ1) is 27.0. The number of aliphatic hydroxyl groups is 1. The normalized spacial score (nSPS) is 29.4. The molecule has 5 atom stereocenters. The Morgan fingerprint density at radius 3 is 2.53 bits per heavy atom. The average Bonchev–Trinajstić information content (AvgIpc) is 3.45. The summed E-state index contributed by atoms with van der Waals surface area (Å²) in [5.41, 5.74) is 2.08. The van der Waals surface area contributed by atoms with E-state index < -0.39 is 27.4 Å². The Morgan fingerprint density at radius 2 is 1.82 bits per heavy atom. The molecule has 2 unspecified atom stereocenters. The Kier molecular flexibility index (Phi) is 7.50. The van der Waals surface area contributed by atoms with E-state index in [-0.39, 0.29) is 24.3 Å². The zero-order chi connectivity index (χ0) is 27.1. The number of aryl methyl sites for hydroxylation is 1. The van der Waals surface area contributed by atoms with E-state index in [1.54, 1.807) is 22.7 Å². The predicted octanol–water partition coefficient (Wildman–Crippen LogP) is 4.87. The number of amides is 3. The lowest BCUT2D eigenvalue weighted by atomic mass is 9.66. The number of halogens is 1. The Labute approximate surface area is 232 Å². The van der Waals surface area contributed by atoms with Crippen LogP contribution in [0.25, 0.3) is 0 Å². The number of hydrogen-bond acceptors (Lipinski definition) is 5. The van der Waals surface area contributed by atoms with Gasteiger partial charge in [0.05, 0.1) is 27.3 Å². The molecule has 0 aliphatic carbocycles. The summed E-state index contributed by atoms with van der Waals surface area (Å²) in [5, 5.41) is 15.7. The first-order valence-corrected chi connectivity index (χ1v) is 14.4. The van der Waals surface area contributed by atoms with Crippen molar-refractivity contribution in [3.8, 4) is 0 Å². The number of fused-ring (bicyclic) bond motifs is 1. The molecule has 3 N–H and O–H groups in total. The van der Waals surface area contributed by atoms with Crippen LogP contribution in [0.1, 0.15) is 44.6 Å². The van der Waals surface area contributed by atoms with Gasteiger partial charge in [0.25, 0.3) is 0 Å². The number of unbranched alkanes of at least 4 members (excludes halogenated alkanes) is 2. The largest absolute Gasteiger partial charge is 0.396 e. The summed E-state index contributed by atoms with van der Waals surface area (Å²) >= 11 is 8.09. The van der Waals surface area contributed by atoms with Gasteiger partial charge in [-0.25, -0.2) is 0 Å². The third kappa shape index (κ3) is 4.50. The fourth-order valence-corrected chi connectivity index (χ4v) is 9.29. The summed E-state index contributed by atoms with van der Waals surface area (Å²) < 4.78 is -1.14. The maximum absolute atomic E-state index is 14.1. The maximum atomic E-state index is 14.1. The number of carbonyl (C=O) groups is 3. The minimum Gasteiger partial charge on any atom is -0.396 e. The van der Waals surface area contributed by atoms with Gasteiger partial charge in [-0.3, -0.25) is 14.4 Å². The van der Waals surface area contributed by atoms with Crippen LogP contribution in [-0.2, 0) is 14.4 Å². The molecule has 9 heteroatoms. The second kappa shape index (κ2) is 10.5. The van der Waals surface area contributed by atoms with Crippen molar-refractivity contribution in [1.82, 2.24) is 4.90 Å². The number of anilines is 2. The van der Waals surface area contributed by atoms with Crippen LogP contribution >= 0.6 is 23.4 Å². The van der Waals surface area contributed by atoms with E-state index in [1.807, 2.05) is 49.4 Å². The second-order valence-electron chi connectivity index (χ2n) is 10.8. The van der Waals surface area contributed by atoms with Crippen LogP contribution in [0, 0.1) is 18.8 Å². The Hall–Kier alpha value is -2.55. The molecule has 5 rings (SSSR count). The number of carbonyl (C=O) groups excluding carboxylic acids is 3. The summed E-state index contributed by atoms with van der Waals surface area (Å²) in [6, 6.07) is 14.0. The lowest BCUT2D eigenvalue weighted by Crippen LogP contribution is -2.52. The number of hydrogen-bond donors (Lipinski definition) is 3. The lowest BCUT2D eigenvalue weighted by Gasteiger charge is -2.35. The first-order chi connectivity index (χ1) is 18.2. The van der Waals surface area contributed by atoms with E-state index in [0.717, 1.165) is 18.4 Å². The molecule has 3 fully saturated rings. The van der Waals surface area contributed by atoms with Gasteiger partial charge in [0.1, 0.15) is 6.04 Å². The van der Waals surface area contributed by atoms with Gasteiger partial charge < -0.3 is 20.6 Å². The van der Waals surface area contributed by atoms with Crippen molar-refractivity contribution in [2.45, 2.75) is 61.5 Å². The molecule has 7 nitrogen and oxygen atoms in total. The van der Waals surface area contributed by atoms with Crippen molar-refractivity contribution in [3.63, 3.8) is 0 Å². The summed E-state index contributed by atoms with van der Waals surface area (Å²) in [6.07, 6.45) is 3.50. The maximum Gasteiger partial charge on any atom is 0.248 e. The third-order valence-electron chi connectivity index (χ3n) is 8.38. The fourth-order valence-electron chi connectivity index (χ4n) is 6.66. The molecular formula is C29H34ClN3O4S. The molecule has 2 bridgehead atoms. The van der Waals surface area contributed by atoms with Crippen molar-refractivity contribution in [2.75, 3.05) is 23.8 Å². The van der Waals surface area contributed by atoms with Gasteiger partial charge in [-0.1, -0.05) is 41.9 Å². The van der Waals surface area contributed by atoms with Crippen molar-refractivity contribution in [1.29, 1.82) is 0 Å². The third-order valence-corrected chi connectivity index (χ3v) is 10.7. The zero-order valence-electron chi connectivity index (χ0n) is 21.7. The number of benzene rings is 2. The minimum atomic E-state index is -0.717. The number of rotatable bonds is 9. The Morgan fingerprint density at radius 1 is 1.05 bits per heavy atom. The molecule has 2 aromatic carbocycles. The highest BCUT2D eigenvalue weighted by Gasteiger charge is 2.77. The van der Waals surface area contributed by atoms with Crippen molar-refractivity contribution in [2.24, 2.45) is 11.8 Å². The van der Waals surface area contributed by atoms with Crippen LogP contribution in [0.3, 0.4) is 0 Å². The minimum absolute atomic E-state index is 0.0894. The molecule has 0 radical (unpaired) electrons. The van der Waals surface area contributed by atoms with Crippen molar-refractivity contribution < 1.29 is 19.5 Å². The first-order valence-electron chi connectivity index (χ1n) is 13.3. The number of thioether (sulfide) groups is 1. The van der Waals surface area contributed by atoms with Gasteiger partial charge in [0, 0.05) is 23.6 Å². The molecular weight excluding hydrogens is 522 g/mol. The molecule has 38 heavy (non-hydrogen) atoms. The van der Waals surface area contributed by atoms with Crippen LogP contribution in [0.5, 0.6) is 0 Å². The lowest BCUT2D eigenvalue weighted by molar-refractivity contribution is -0.139. The van der Waals surface area contributed by atoms with E-state index in [1.165, 1.54) is 0 Å². The van der Waals surface area contributed by atoms with Crippen LogP contribution in [-0.4, -0.2) is 56.4 Å². The monoisotopic (exact) mass is 555 g/mol. The number of nitrogens with zero attached hydrogens (tertiary/aromatic N) is 1. The van der Waals surface area contributed by atoms with Crippen LogP contribution in [0.2, 0.25) is 5.02 Å². The summed E-state index contributed by atoms with van der Waals surface area (Å²) in [5.74, 6) is -1.70. The van der Waals surface area contributed by atoms with Crippen molar-refractivity contribution in [3.05, 3.63) is 59.1 Å². The van der Waals surface area contributed by atoms with E-state index in [4.69, 9.17) is 11.6 Å². The molecule has 0 saturated carbocycles. The quantitative estimate of drug-likeness (QED) is 0.383. The van der Waals surface area contributed by atoms with Crippen LogP contribution in [0.4, 0.5) is 11.4 Å². The standard InChI is InChI=1S/C29H34ClN3O4S/c1-18-10-9-13-20(30)23(18)32-26(36)24-29-15-14-28(2,38-29)21(25(35)31-19-11-5-3-6-12-19)22(29)27(37)33(24)16-7-4-8-17-34/h3,5-6,9-13,21-22,24,34H,4,7-8,14-17H2,1-2H3,(H,31,35)(H,32,36)/t21-,22+,24?,28+,29?/m1/s1. The van der Waals surface area contributed by atoms with E-state index in [0.29, 0.717) is 42.2 Å². The molecule has 3 aliphatic rings.